The van der Waals surface area contributed by atoms with Crippen molar-refractivity contribution in [2.75, 3.05) is 22.1 Å². The fraction of sp³-hybridized carbons (Fsp3) is 0.394. The zero-order valence-electron chi connectivity index (χ0n) is 26.4. The van der Waals surface area contributed by atoms with Gasteiger partial charge in [0.05, 0.1) is 22.0 Å². The molecule has 8 N–H and O–H groups in total. The van der Waals surface area contributed by atoms with Crippen molar-refractivity contribution in [3.63, 3.8) is 0 Å². The summed E-state index contributed by atoms with van der Waals surface area (Å²) in [5.74, 6) is 1.36. The summed E-state index contributed by atoms with van der Waals surface area (Å²) in [7, 11) is 0. The number of aliphatic hydroxyl groups excluding tert-OH is 2. The predicted molar refractivity (Wildman–Crippen MR) is 193 cm³/mol. The molecule has 2 aliphatic carbocycles. The minimum absolute atomic E-state index is 0.161. The van der Waals surface area contributed by atoms with Crippen molar-refractivity contribution in [1.82, 2.24) is 19.9 Å². The van der Waals surface area contributed by atoms with E-state index >= 15 is 0 Å². The lowest BCUT2D eigenvalue weighted by Crippen LogP contribution is -2.28. The fourth-order valence-electron chi connectivity index (χ4n) is 5.47. The highest BCUT2D eigenvalue weighted by Gasteiger charge is 2.22. The second-order valence-corrected chi connectivity index (χ2v) is 14.9. The van der Waals surface area contributed by atoms with Gasteiger partial charge in [-0.15, -0.1) is 0 Å². The number of aliphatic hydroxyl groups is 2. The number of nitrogens with zero attached hydrogens (tertiary/aromatic N) is 4. The first-order chi connectivity index (χ1) is 23.0. The number of aryl methyl sites for hydroxylation is 1. The summed E-state index contributed by atoms with van der Waals surface area (Å²) < 4.78 is 14.0. The van der Waals surface area contributed by atoms with Crippen LogP contribution in [0.1, 0.15) is 56.9 Å². The van der Waals surface area contributed by atoms with Gasteiger partial charge in [0.2, 0.25) is 11.9 Å². The van der Waals surface area contributed by atoms with E-state index in [9.17, 15) is 14.6 Å². The van der Waals surface area contributed by atoms with Crippen LogP contribution in [0.3, 0.4) is 0 Å². The first-order valence-electron chi connectivity index (χ1n) is 15.7. The van der Waals surface area contributed by atoms with Crippen LogP contribution in [0, 0.1) is 12.7 Å². The summed E-state index contributed by atoms with van der Waals surface area (Å²) in [6.07, 6.45) is 9.63. The summed E-state index contributed by atoms with van der Waals surface area (Å²) in [6, 6.07) is 10.9. The van der Waals surface area contributed by atoms with Crippen LogP contribution in [0.2, 0.25) is 10.0 Å². The van der Waals surface area contributed by atoms with Gasteiger partial charge in [-0.2, -0.15) is 9.97 Å². The van der Waals surface area contributed by atoms with E-state index in [4.69, 9.17) is 34.7 Å². The molecule has 0 aliphatic heterocycles. The van der Waals surface area contributed by atoms with Gasteiger partial charge in [-0.3, -0.25) is 0 Å². The SMILES string of the molecule is Cc1cc(Cl)ccc1Sc1cnc(N)nc1NC1CCC(O)CC1.Nc1ncc(Sc2ccc(Cl)cc2F)c(NC2CCC(O)CC2)n1. The molecule has 2 aliphatic rings. The second kappa shape index (κ2) is 17.0. The van der Waals surface area contributed by atoms with Crippen molar-refractivity contribution in [3.8, 4) is 0 Å². The third kappa shape index (κ3) is 10.5. The van der Waals surface area contributed by atoms with E-state index in [1.807, 2.05) is 25.1 Å². The van der Waals surface area contributed by atoms with Gasteiger partial charge >= 0.3 is 0 Å². The lowest BCUT2D eigenvalue weighted by atomic mass is 9.93. The van der Waals surface area contributed by atoms with E-state index in [1.165, 1.54) is 17.8 Å². The third-order valence-corrected chi connectivity index (χ3v) is 10.8. The van der Waals surface area contributed by atoms with Gasteiger partial charge in [-0.1, -0.05) is 46.7 Å². The maximum atomic E-state index is 14.0. The Morgan fingerprint density at radius 2 is 1.12 bits per heavy atom. The Hall–Kier alpha value is -3.07. The van der Waals surface area contributed by atoms with Crippen LogP contribution in [0.5, 0.6) is 0 Å². The molecule has 256 valence electrons. The average Bonchev–Trinajstić information content (AvgIpc) is 3.04. The van der Waals surface area contributed by atoms with Crippen LogP contribution in [-0.2, 0) is 0 Å². The Balaban J connectivity index is 0.000000188. The molecule has 6 rings (SSSR count). The van der Waals surface area contributed by atoms with Crippen LogP contribution < -0.4 is 22.1 Å². The molecule has 2 aromatic carbocycles. The number of benzene rings is 2. The van der Waals surface area contributed by atoms with Crippen LogP contribution in [0.4, 0.5) is 27.9 Å². The summed E-state index contributed by atoms with van der Waals surface area (Å²) >= 11 is 14.6. The maximum Gasteiger partial charge on any atom is 0.221 e. The molecule has 4 aromatic rings. The molecule has 10 nitrogen and oxygen atoms in total. The van der Waals surface area contributed by atoms with Crippen molar-refractivity contribution in [1.29, 1.82) is 0 Å². The molecule has 0 spiro atoms. The zero-order valence-corrected chi connectivity index (χ0v) is 29.5. The number of nitrogens with one attached hydrogen (secondary N) is 2. The van der Waals surface area contributed by atoms with Crippen LogP contribution in [-0.4, -0.2) is 54.4 Å². The lowest BCUT2D eigenvalue weighted by Gasteiger charge is -2.27. The van der Waals surface area contributed by atoms with Crippen molar-refractivity contribution in [2.45, 2.75) is 102 Å². The summed E-state index contributed by atoms with van der Waals surface area (Å²) in [5.41, 5.74) is 12.6. The largest absolute Gasteiger partial charge is 0.393 e. The van der Waals surface area contributed by atoms with E-state index in [0.717, 1.165) is 77.6 Å². The molecule has 2 aromatic heterocycles. The first-order valence-corrected chi connectivity index (χ1v) is 18.1. The maximum absolute atomic E-state index is 14.0. The van der Waals surface area contributed by atoms with Gasteiger partial charge in [0.15, 0.2) is 0 Å². The number of rotatable bonds is 8. The molecule has 0 atom stereocenters. The van der Waals surface area contributed by atoms with E-state index in [0.29, 0.717) is 26.7 Å². The van der Waals surface area contributed by atoms with Gasteiger partial charge in [-0.25, -0.2) is 14.4 Å². The molecule has 0 unspecified atom stereocenters. The molecular weight excluding hydrogens is 694 g/mol. The molecule has 0 radical (unpaired) electrons. The Morgan fingerprint density at radius 1 is 0.688 bits per heavy atom. The second-order valence-electron chi connectivity index (χ2n) is 11.9. The van der Waals surface area contributed by atoms with Gasteiger partial charge in [0.1, 0.15) is 17.5 Å². The number of hydrogen-bond acceptors (Lipinski definition) is 12. The van der Waals surface area contributed by atoms with Crippen molar-refractivity contribution in [3.05, 3.63) is 70.2 Å². The van der Waals surface area contributed by atoms with E-state index in [2.05, 4.69) is 30.6 Å². The minimum Gasteiger partial charge on any atom is -0.393 e. The number of aromatic nitrogens is 4. The Kier molecular flexibility index (Phi) is 12.9. The standard InChI is InChI=1S/C17H21ClN4OS.C16H18ClFN4OS/c1-10-8-11(18)2-7-14(10)24-15-9-20-17(19)22-16(15)21-12-3-5-13(23)6-4-12;17-9-1-6-13(12(18)7-9)24-14-8-20-16(19)22-15(14)21-10-2-4-11(23)5-3-10/h2,7-9,12-13,23H,3-6H2,1H3,(H3,19,20,21,22);1,6-8,10-11,23H,2-5H2,(H3,19,20,21,22). The first kappa shape index (κ1) is 36.2. The van der Waals surface area contributed by atoms with Crippen LogP contribution in [0.15, 0.2) is 68.4 Å². The van der Waals surface area contributed by atoms with Gasteiger partial charge < -0.3 is 32.3 Å². The molecule has 0 amide bonds. The minimum atomic E-state index is -0.393. The highest BCUT2D eigenvalue weighted by molar-refractivity contribution is 7.99. The van der Waals surface area contributed by atoms with Crippen molar-refractivity contribution in [2.24, 2.45) is 0 Å². The summed E-state index contributed by atoms with van der Waals surface area (Å²) in [4.78, 5) is 19.9. The van der Waals surface area contributed by atoms with Crippen LogP contribution in [0.25, 0.3) is 0 Å². The molecule has 15 heteroatoms. The van der Waals surface area contributed by atoms with Gasteiger partial charge in [0, 0.05) is 44.3 Å². The molecule has 2 saturated carbocycles. The van der Waals surface area contributed by atoms with Crippen molar-refractivity contribution >= 4 is 70.3 Å². The van der Waals surface area contributed by atoms with E-state index in [1.54, 1.807) is 36.3 Å². The molecule has 0 bridgehead atoms. The Bertz CT molecular complexity index is 1570. The summed E-state index contributed by atoms with van der Waals surface area (Å²) in [6.45, 7) is 2.03. The van der Waals surface area contributed by atoms with E-state index in [-0.39, 0.29) is 30.1 Å². The lowest BCUT2D eigenvalue weighted by molar-refractivity contribution is 0.125. The highest BCUT2D eigenvalue weighted by Crippen LogP contribution is 2.37. The summed E-state index contributed by atoms with van der Waals surface area (Å²) in [5, 5.41) is 27.2. The fourth-order valence-corrected chi connectivity index (χ4v) is 7.60. The molecule has 48 heavy (non-hydrogen) atoms. The Morgan fingerprint density at radius 3 is 1.58 bits per heavy atom. The third-order valence-electron chi connectivity index (χ3n) is 8.09. The van der Waals surface area contributed by atoms with Crippen molar-refractivity contribution < 1.29 is 14.6 Å². The van der Waals surface area contributed by atoms with E-state index < -0.39 is 5.82 Å². The number of nitrogen functional groups attached to an aromatic ring is 2. The normalized spacial score (nSPS) is 20.8. The smallest absolute Gasteiger partial charge is 0.221 e. The molecule has 0 saturated heterocycles. The number of halogens is 3. The average molecular weight is 734 g/mol. The highest BCUT2D eigenvalue weighted by atomic mass is 35.5. The van der Waals surface area contributed by atoms with Crippen LogP contribution >= 0.6 is 46.7 Å². The van der Waals surface area contributed by atoms with Gasteiger partial charge in [0.25, 0.3) is 0 Å². The number of hydrogen-bond donors (Lipinski definition) is 6. The Labute approximate surface area is 298 Å². The topological polar surface area (TPSA) is 168 Å². The zero-order chi connectivity index (χ0) is 34.2. The van der Waals surface area contributed by atoms with Gasteiger partial charge in [-0.05, 0) is 100 Å². The monoisotopic (exact) mass is 732 g/mol. The molecule has 2 fully saturated rings. The predicted octanol–water partition coefficient (Wildman–Crippen LogP) is 7.61. The number of nitrogens with two attached hydrogens (primary N) is 2. The number of anilines is 4. The molecule has 2 heterocycles. The quantitative estimate of drug-likeness (QED) is 0.105. The molecular formula is C33H39Cl2FN8O2S2.